The number of likely N-dealkylation sites (tertiary alicyclic amines) is 1. The molecule has 0 bridgehead atoms. The van der Waals surface area contributed by atoms with Gasteiger partial charge in [0.05, 0.1) is 0 Å². The topological polar surface area (TPSA) is 76.2 Å². The molecule has 0 N–H and O–H groups in total. The van der Waals surface area contributed by atoms with Gasteiger partial charge in [0, 0.05) is 31.4 Å². The van der Waals surface area contributed by atoms with Crippen molar-refractivity contribution in [2.75, 3.05) is 13.1 Å². The van der Waals surface area contributed by atoms with Crippen molar-refractivity contribution in [3.63, 3.8) is 0 Å². The Hall–Kier alpha value is -1.93. The highest BCUT2D eigenvalue weighted by Crippen LogP contribution is 2.19. The lowest BCUT2D eigenvalue weighted by molar-refractivity contribution is -0.210. The van der Waals surface area contributed by atoms with Gasteiger partial charge < -0.3 is 9.64 Å². The molecular weight excluding hydrogens is 392 g/mol. The number of amides is 3. The van der Waals surface area contributed by atoms with Gasteiger partial charge in [-0.2, -0.15) is 5.06 Å². The molecule has 0 saturated carbocycles. The zero-order valence-electron chi connectivity index (χ0n) is 14.4. The van der Waals surface area contributed by atoms with Crippen LogP contribution in [-0.2, 0) is 19.2 Å². The molecular formula is C17H21BrN2O5. The molecule has 1 fully saturated rings. The van der Waals surface area contributed by atoms with E-state index in [2.05, 4.69) is 15.9 Å². The second kappa shape index (κ2) is 8.44. The van der Waals surface area contributed by atoms with Gasteiger partial charge in [0.15, 0.2) is 6.10 Å². The van der Waals surface area contributed by atoms with Gasteiger partial charge in [0.25, 0.3) is 5.91 Å². The monoisotopic (exact) mass is 412 g/mol. The molecule has 3 amide bonds. The van der Waals surface area contributed by atoms with Crippen LogP contribution in [0.15, 0.2) is 28.7 Å². The van der Waals surface area contributed by atoms with E-state index in [0.29, 0.717) is 25.3 Å². The van der Waals surface area contributed by atoms with E-state index in [0.717, 1.165) is 9.54 Å². The number of carbonyl (C=O) groups excluding carboxylic acids is 3. The van der Waals surface area contributed by atoms with Gasteiger partial charge in [-0.3, -0.25) is 19.2 Å². The fourth-order valence-corrected chi connectivity index (χ4v) is 2.73. The molecule has 0 radical (unpaired) electrons. The molecule has 2 atom stereocenters. The summed E-state index contributed by atoms with van der Waals surface area (Å²) in [5, 5.41) is 0.734. The van der Waals surface area contributed by atoms with Crippen LogP contribution in [0.5, 0.6) is 5.75 Å². The minimum atomic E-state index is -0.893. The molecule has 0 aromatic heterocycles. The van der Waals surface area contributed by atoms with Gasteiger partial charge in [-0.15, -0.1) is 0 Å². The Labute approximate surface area is 154 Å². The highest BCUT2D eigenvalue weighted by atomic mass is 79.9. The zero-order valence-corrected chi connectivity index (χ0v) is 16.0. The van der Waals surface area contributed by atoms with Crippen LogP contribution in [0.1, 0.15) is 27.2 Å². The number of benzene rings is 1. The van der Waals surface area contributed by atoms with Crippen LogP contribution in [-0.4, -0.2) is 53.0 Å². The number of hydrogen-bond acceptors (Lipinski definition) is 5. The van der Waals surface area contributed by atoms with Crippen LogP contribution in [0.3, 0.4) is 0 Å². The summed E-state index contributed by atoms with van der Waals surface area (Å²) < 4.78 is 6.47. The van der Waals surface area contributed by atoms with Gasteiger partial charge in [0.2, 0.25) is 11.8 Å². The van der Waals surface area contributed by atoms with Crippen LogP contribution < -0.4 is 4.74 Å². The highest BCUT2D eigenvalue weighted by Gasteiger charge is 2.33. The molecule has 1 aromatic rings. The first kappa shape index (κ1) is 19.4. The van der Waals surface area contributed by atoms with E-state index in [1.54, 1.807) is 36.1 Å². The molecule has 1 heterocycles. The number of hydroxylamine groups is 2. The summed E-state index contributed by atoms with van der Waals surface area (Å²) in [6.07, 6.45) is -0.717. The molecule has 1 aromatic carbocycles. The normalized spacial score (nSPS) is 17.9. The van der Waals surface area contributed by atoms with Gasteiger partial charge >= 0.3 is 0 Å². The van der Waals surface area contributed by atoms with E-state index in [1.165, 1.54) is 13.8 Å². The molecule has 1 aliphatic heterocycles. The van der Waals surface area contributed by atoms with Crippen molar-refractivity contribution in [3.05, 3.63) is 28.7 Å². The number of ether oxygens (including phenoxy) is 1. The number of rotatable bonds is 5. The Morgan fingerprint density at radius 1 is 1.24 bits per heavy atom. The second-order valence-electron chi connectivity index (χ2n) is 5.85. The van der Waals surface area contributed by atoms with Gasteiger partial charge in [-0.25, -0.2) is 0 Å². The summed E-state index contributed by atoms with van der Waals surface area (Å²) in [5.74, 6) is -0.663. The zero-order chi connectivity index (χ0) is 18.6. The van der Waals surface area contributed by atoms with Crippen molar-refractivity contribution in [2.45, 2.75) is 39.4 Å². The number of halogens is 1. The summed E-state index contributed by atoms with van der Waals surface area (Å²) in [4.78, 5) is 42.9. The summed E-state index contributed by atoms with van der Waals surface area (Å²) in [6, 6.07) is 7.02. The smallest absolute Gasteiger partial charge is 0.294 e. The molecule has 7 nitrogen and oxygen atoms in total. The SMILES string of the molecule is CC(=O)N1CCC(ON(C(C)=O)C(=O)[C@H](C)Oc2ccc(Br)cc2)C1. The first-order chi connectivity index (χ1) is 11.8. The van der Waals surface area contributed by atoms with Crippen molar-refractivity contribution in [1.82, 2.24) is 9.96 Å². The maximum Gasteiger partial charge on any atom is 0.294 e. The van der Waals surface area contributed by atoms with Crippen LogP contribution >= 0.6 is 15.9 Å². The Balaban J connectivity index is 1.98. The van der Waals surface area contributed by atoms with Gasteiger partial charge in [0.1, 0.15) is 11.9 Å². The van der Waals surface area contributed by atoms with Crippen LogP contribution in [0.2, 0.25) is 0 Å². The second-order valence-corrected chi connectivity index (χ2v) is 6.76. The Morgan fingerprint density at radius 2 is 1.88 bits per heavy atom. The lowest BCUT2D eigenvalue weighted by Crippen LogP contribution is -2.45. The number of hydrogen-bond donors (Lipinski definition) is 0. The Morgan fingerprint density at radius 3 is 2.40 bits per heavy atom. The lowest BCUT2D eigenvalue weighted by atomic mass is 10.3. The molecule has 25 heavy (non-hydrogen) atoms. The van der Waals surface area contributed by atoms with Crippen molar-refractivity contribution in [1.29, 1.82) is 0 Å². The summed E-state index contributed by atoms with van der Waals surface area (Å²) >= 11 is 3.32. The van der Waals surface area contributed by atoms with Gasteiger partial charge in [-0.1, -0.05) is 15.9 Å². The third-order valence-electron chi connectivity index (χ3n) is 3.81. The average Bonchev–Trinajstić information content (AvgIpc) is 3.03. The van der Waals surface area contributed by atoms with Crippen LogP contribution in [0.25, 0.3) is 0 Å². The van der Waals surface area contributed by atoms with Crippen LogP contribution in [0, 0.1) is 0 Å². The minimum Gasteiger partial charge on any atom is -0.481 e. The maximum atomic E-state index is 12.5. The minimum absolute atomic E-state index is 0.0567. The van der Waals surface area contributed by atoms with Crippen molar-refractivity contribution in [3.8, 4) is 5.75 Å². The molecule has 2 rings (SSSR count). The van der Waals surface area contributed by atoms with Crippen molar-refractivity contribution >= 4 is 33.7 Å². The maximum absolute atomic E-state index is 12.5. The third-order valence-corrected chi connectivity index (χ3v) is 4.33. The molecule has 1 saturated heterocycles. The summed E-state index contributed by atoms with van der Waals surface area (Å²) in [5.41, 5.74) is 0. The highest BCUT2D eigenvalue weighted by molar-refractivity contribution is 9.10. The number of carbonyl (C=O) groups is 3. The predicted octanol–water partition coefficient (Wildman–Crippen LogP) is 2.14. The number of imide groups is 1. The van der Waals surface area contributed by atoms with E-state index < -0.39 is 24.0 Å². The standard InChI is InChI=1S/C17H21BrN2O5/c1-11(24-15-6-4-14(18)5-7-15)17(23)20(13(3)22)25-16-8-9-19(10-16)12(2)21/h4-7,11,16H,8-10H2,1-3H3/t11-,16?/m0/s1. The first-order valence-electron chi connectivity index (χ1n) is 7.97. The van der Waals surface area contributed by atoms with E-state index in [1.807, 2.05) is 0 Å². The average molecular weight is 413 g/mol. The largest absolute Gasteiger partial charge is 0.481 e. The molecule has 1 aliphatic rings. The Kier molecular flexibility index (Phi) is 6.55. The van der Waals surface area contributed by atoms with Crippen molar-refractivity contribution in [2.24, 2.45) is 0 Å². The molecule has 136 valence electrons. The quantitative estimate of drug-likeness (QED) is 0.692. The Bertz CT molecular complexity index is 649. The lowest BCUT2D eigenvalue weighted by Gasteiger charge is -2.25. The summed E-state index contributed by atoms with van der Waals surface area (Å²) in [6.45, 7) is 5.19. The molecule has 0 aliphatic carbocycles. The fraction of sp³-hybridized carbons (Fsp3) is 0.471. The van der Waals surface area contributed by atoms with Crippen molar-refractivity contribution < 1.29 is 24.0 Å². The number of nitrogens with zero attached hydrogens (tertiary/aromatic N) is 2. The third kappa shape index (κ3) is 5.27. The fourth-order valence-electron chi connectivity index (χ4n) is 2.46. The molecule has 8 heteroatoms. The molecule has 1 unspecified atom stereocenters. The molecule has 0 spiro atoms. The van der Waals surface area contributed by atoms with Gasteiger partial charge in [-0.05, 0) is 37.6 Å². The van der Waals surface area contributed by atoms with E-state index >= 15 is 0 Å². The summed E-state index contributed by atoms with van der Waals surface area (Å²) in [7, 11) is 0. The van der Waals surface area contributed by atoms with Crippen LogP contribution in [0.4, 0.5) is 0 Å². The van der Waals surface area contributed by atoms with E-state index in [-0.39, 0.29) is 5.91 Å². The van der Waals surface area contributed by atoms with E-state index in [9.17, 15) is 14.4 Å². The van der Waals surface area contributed by atoms with E-state index in [4.69, 9.17) is 9.57 Å². The predicted molar refractivity (Wildman–Crippen MR) is 93.5 cm³/mol. The first-order valence-corrected chi connectivity index (χ1v) is 8.76.